The van der Waals surface area contributed by atoms with Crippen LogP contribution in [0.3, 0.4) is 0 Å². The molecule has 1 aliphatic rings. The molecule has 134 valence electrons. The van der Waals surface area contributed by atoms with Gasteiger partial charge in [0.05, 0.1) is 5.39 Å². The summed E-state index contributed by atoms with van der Waals surface area (Å²) >= 11 is 1.62. The average Bonchev–Trinajstić information content (AvgIpc) is 3.19. The molecule has 3 heterocycles. The molecule has 26 heavy (non-hydrogen) atoms. The highest BCUT2D eigenvalue weighted by molar-refractivity contribution is 7.18. The molecule has 0 fully saturated rings. The van der Waals surface area contributed by atoms with E-state index in [9.17, 15) is 4.79 Å². The van der Waals surface area contributed by atoms with Crippen LogP contribution in [0.1, 0.15) is 17.4 Å². The molecule has 1 aromatic carbocycles. The number of anilines is 2. The molecular formula is C18H18N4O3S. The van der Waals surface area contributed by atoms with Crippen LogP contribution < -0.4 is 20.1 Å². The summed E-state index contributed by atoms with van der Waals surface area (Å²) in [7, 11) is 0. The van der Waals surface area contributed by atoms with E-state index in [1.54, 1.807) is 36.5 Å². The summed E-state index contributed by atoms with van der Waals surface area (Å²) in [5.41, 5.74) is 1.79. The van der Waals surface area contributed by atoms with E-state index < -0.39 is 6.04 Å². The van der Waals surface area contributed by atoms with E-state index >= 15 is 0 Å². The zero-order valence-electron chi connectivity index (χ0n) is 14.6. The van der Waals surface area contributed by atoms with Gasteiger partial charge in [0.15, 0.2) is 11.5 Å². The van der Waals surface area contributed by atoms with Gasteiger partial charge in [0.1, 0.15) is 23.0 Å². The molecule has 0 radical (unpaired) electrons. The summed E-state index contributed by atoms with van der Waals surface area (Å²) in [4.78, 5) is 23.3. The SMILES string of the molecule is Cc1sc2ncnc(N[C@@H](C)C(=O)Nc3ccc4c(c3)OCO4)c2c1C. The Bertz CT molecular complexity index is 1000. The Kier molecular flexibility index (Phi) is 4.12. The molecule has 0 spiro atoms. The standard InChI is InChI=1S/C18H18N4O3S/c1-9-11(3)26-18-15(9)16(19-7-20-18)21-10(2)17(23)22-12-4-5-13-14(6-12)25-8-24-13/h4-7,10H,8H2,1-3H3,(H,22,23)(H,19,20,21)/t10-/m0/s1. The predicted octanol–water partition coefficient (Wildman–Crippen LogP) is 3.48. The third-order valence-corrected chi connectivity index (χ3v) is 5.47. The Hall–Kier alpha value is -2.87. The van der Waals surface area contributed by atoms with Gasteiger partial charge in [-0.1, -0.05) is 0 Å². The van der Waals surface area contributed by atoms with Gasteiger partial charge in [0.2, 0.25) is 12.7 Å². The van der Waals surface area contributed by atoms with Gasteiger partial charge in [-0.15, -0.1) is 11.3 Å². The van der Waals surface area contributed by atoms with Gasteiger partial charge in [0.25, 0.3) is 0 Å². The van der Waals surface area contributed by atoms with Crippen molar-refractivity contribution in [3.63, 3.8) is 0 Å². The van der Waals surface area contributed by atoms with Crippen molar-refractivity contribution in [2.75, 3.05) is 17.4 Å². The van der Waals surface area contributed by atoms with E-state index in [0.29, 0.717) is 23.0 Å². The first kappa shape index (κ1) is 16.6. The van der Waals surface area contributed by atoms with Crippen LogP contribution in [0.5, 0.6) is 11.5 Å². The quantitative estimate of drug-likeness (QED) is 0.731. The number of thiophene rings is 1. The maximum atomic E-state index is 12.6. The van der Waals surface area contributed by atoms with E-state index in [1.807, 2.05) is 6.92 Å². The highest BCUT2D eigenvalue weighted by Crippen LogP contribution is 2.35. The van der Waals surface area contributed by atoms with Gasteiger partial charge in [0, 0.05) is 16.6 Å². The van der Waals surface area contributed by atoms with Crippen LogP contribution in [-0.4, -0.2) is 28.7 Å². The Morgan fingerprint density at radius 2 is 2.04 bits per heavy atom. The fourth-order valence-electron chi connectivity index (χ4n) is 2.79. The predicted molar refractivity (Wildman–Crippen MR) is 101 cm³/mol. The van der Waals surface area contributed by atoms with Gasteiger partial charge in [-0.3, -0.25) is 4.79 Å². The number of aromatic nitrogens is 2. The topological polar surface area (TPSA) is 85.4 Å². The van der Waals surface area contributed by atoms with Crippen LogP contribution in [0.4, 0.5) is 11.5 Å². The van der Waals surface area contributed by atoms with E-state index in [2.05, 4.69) is 27.5 Å². The monoisotopic (exact) mass is 370 g/mol. The Balaban J connectivity index is 1.51. The van der Waals surface area contributed by atoms with E-state index in [4.69, 9.17) is 9.47 Å². The van der Waals surface area contributed by atoms with Crippen LogP contribution in [0.25, 0.3) is 10.2 Å². The number of amides is 1. The molecule has 4 rings (SSSR count). The first-order chi connectivity index (χ1) is 12.5. The molecular weight excluding hydrogens is 352 g/mol. The van der Waals surface area contributed by atoms with Crippen LogP contribution >= 0.6 is 11.3 Å². The van der Waals surface area contributed by atoms with Gasteiger partial charge in [-0.05, 0) is 38.5 Å². The summed E-state index contributed by atoms with van der Waals surface area (Å²) in [5, 5.41) is 7.05. The second-order valence-corrected chi connectivity index (χ2v) is 7.31. The zero-order valence-corrected chi connectivity index (χ0v) is 15.4. The Morgan fingerprint density at radius 1 is 1.23 bits per heavy atom. The van der Waals surface area contributed by atoms with E-state index in [1.165, 1.54) is 11.2 Å². The van der Waals surface area contributed by atoms with Gasteiger partial charge < -0.3 is 20.1 Å². The largest absolute Gasteiger partial charge is 0.454 e. The van der Waals surface area contributed by atoms with Gasteiger partial charge in [-0.2, -0.15) is 0 Å². The van der Waals surface area contributed by atoms with Crippen molar-refractivity contribution in [3.05, 3.63) is 35.0 Å². The van der Waals surface area contributed by atoms with Crippen LogP contribution in [-0.2, 0) is 4.79 Å². The van der Waals surface area contributed by atoms with Crippen molar-refractivity contribution in [1.82, 2.24) is 9.97 Å². The van der Waals surface area contributed by atoms with Crippen molar-refractivity contribution >= 4 is 39.0 Å². The highest BCUT2D eigenvalue weighted by atomic mass is 32.1. The highest BCUT2D eigenvalue weighted by Gasteiger charge is 2.19. The third-order valence-electron chi connectivity index (χ3n) is 4.35. The molecule has 0 saturated heterocycles. The second-order valence-electron chi connectivity index (χ2n) is 6.11. The maximum Gasteiger partial charge on any atom is 0.246 e. The summed E-state index contributed by atoms with van der Waals surface area (Å²) < 4.78 is 10.6. The lowest BCUT2D eigenvalue weighted by molar-refractivity contribution is -0.116. The number of ether oxygens (including phenoxy) is 2. The van der Waals surface area contributed by atoms with Crippen LogP contribution in [0.2, 0.25) is 0 Å². The second kappa shape index (κ2) is 6.45. The summed E-state index contributed by atoms with van der Waals surface area (Å²) in [6.45, 7) is 6.10. The number of fused-ring (bicyclic) bond motifs is 2. The number of carbonyl (C=O) groups is 1. The van der Waals surface area contributed by atoms with Crippen molar-refractivity contribution in [3.8, 4) is 11.5 Å². The van der Waals surface area contributed by atoms with E-state index in [-0.39, 0.29) is 12.7 Å². The average molecular weight is 370 g/mol. The fraction of sp³-hybridized carbons (Fsp3) is 0.278. The fourth-order valence-corrected chi connectivity index (χ4v) is 3.78. The minimum atomic E-state index is -0.474. The van der Waals surface area contributed by atoms with Gasteiger partial charge >= 0.3 is 0 Å². The Morgan fingerprint density at radius 3 is 2.88 bits per heavy atom. The summed E-state index contributed by atoms with van der Waals surface area (Å²) in [6, 6.07) is 4.84. The number of rotatable bonds is 4. The molecule has 3 aromatic rings. The first-order valence-corrected chi connectivity index (χ1v) is 9.02. The number of benzene rings is 1. The molecule has 1 atom stereocenters. The number of aryl methyl sites for hydroxylation is 2. The minimum absolute atomic E-state index is 0.166. The number of nitrogens with zero attached hydrogens (tertiary/aromatic N) is 2. The molecule has 7 nitrogen and oxygen atoms in total. The van der Waals surface area contributed by atoms with Crippen LogP contribution in [0.15, 0.2) is 24.5 Å². The molecule has 0 aliphatic carbocycles. The van der Waals surface area contributed by atoms with E-state index in [0.717, 1.165) is 15.8 Å². The number of hydrogen-bond donors (Lipinski definition) is 2. The van der Waals surface area contributed by atoms with Crippen LogP contribution in [0, 0.1) is 13.8 Å². The lowest BCUT2D eigenvalue weighted by Gasteiger charge is -2.15. The number of carbonyl (C=O) groups excluding carboxylic acids is 1. The normalized spacial score (nSPS) is 13.7. The molecule has 8 heteroatoms. The van der Waals surface area contributed by atoms with Crippen molar-refractivity contribution in [2.45, 2.75) is 26.8 Å². The lowest BCUT2D eigenvalue weighted by atomic mass is 10.2. The van der Waals surface area contributed by atoms with Gasteiger partial charge in [-0.25, -0.2) is 9.97 Å². The summed E-state index contributed by atoms with van der Waals surface area (Å²) in [6.07, 6.45) is 1.52. The minimum Gasteiger partial charge on any atom is -0.454 e. The van der Waals surface area contributed by atoms with Crippen molar-refractivity contribution in [1.29, 1.82) is 0 Å². The molecule has 2 N–H and O–H groups in total. The number of nitrogens with one attached hydrogen (secondary N) is 2. The summed E-state index contributed by atoms with van der Waals surface area (Å²) in [5.74, 6) is 1.82. The first-order valence-electron chi connectivity index (χ1n) is 8.20. The lowest BCUT2D eigenvalue weighted by Crippen LogP contribution is -2.32. The van der Waals surface area contributed by atoms with Crippen molar-refractivity contribution < 1.29 is 14.3 Å². The zero-order chi connectivity index (χ0) is 18.3. The Labute approximate surface area is 154 Å². The smallest absolute Gasteiger partial charge is 0.246 e. The van der Waals surface area contributed by atoms with Crippen molar-refractivity contribution in [2.24, 2.45) is 0 Å². The molecule has 0 bridgehead atoms. The third kappa shape index (κ3) is 2.92. The maximum absolute atomic E-state index is 12.6. The molecule has 0 saturated carbocycles. The molecule has 2 aromatic heterocycles. The molecule has 0 unspecified atom stereocenters. The number of hydrogen-bond acceptors (Lipinski definition) is 7. The molecule has 1 aliphatic heterocycles. The molecule has 1 amide bonds.